The SMILES string of the molecule is NC(=O)CCC(NC(=O)C(N)CC(N)=O)C(=O)NC(Cc1ccc(O)cc1)C(=O)NCC(=O)O. The van der Waals surface area contributed by atoms with Gasteiger partial charge in [0.15, 0.2) is 0 Å². The number of carboxylic acids is 1. The lowest BCUT2D eigenvalue weighted by Crippen LogP contribution is -2.57. The number of benzene rings is 1. The van der Waals surface area contributed by atoms with E-state index in [0.717, 1.165) is 0 Å². The first kappa shape index (κ1) is 27.8. The van der Waals surface area contributed by atoms with E-state index >= 15 is 0 Å². The van der Waals surface area contributed by atoms with Crippen LogP contribution in [0.15, 0.2) is 24.3 Å². The molecule has 11 N–H and O–H groups in total. The lowest BCUT2D eigenvalue weighted by Gasteiger charge is -2.24. The highest BCUT2D eigenvalue weighted by atomic mass is 16.4. The number of carboxylic acid groups (broad SMARTS) is 1. The number of phenols is 1. The zero-order valence-electron chi connectivity index (χ0n) is 18.2. The van der Waals surface area contributed by atoms with E-state index in [1.807, 2.05) is 0 Å². The predicted octanol–water partition coefficient (Wildman–Crippen LogP) is -3.43. The predicted molar refractivity (Wildman–Crippen MR) is 117 cm³/mol. The molecule has 3 unspecified atom stereocenters. The molecule has 3 atom stereocenters. The number of nitrogens with one attached hydrogen (secondary N) is 3. The molecule has 0 heterocycles. The van der Waals surface area contributed by atoms with Crippen LogP contribution >= 0.6 is 0 Å². The Kier molecular flexibility index (Phi) is 10.9. The Morgan fingerprint density at radius 3 is 1.97 bits per heavy atom. The number of carbonyl (C=O) groups excluding carboxylic acids is 5. The van der Waals surface area contributed by atoms with Crippen molar-refractivity contribution in [3.63, 3.8) is 0 Å². The third-order valence-electron chi connectivity index (χ3n) is 4.49. The summed E-state index contributed by atoms with van der Waals surface area (Å²) < 4.78 is 0. The van der Waals surface area contributed by atoms with Gasteiger partial charge in [-0.25, -0.2) is 0 Å². The molecule has 0 saturated carbocycles. The third kappa shape index (κ3) is 10.4. The fourth-order valence-electron chi connectivity index (χ4n) is 2.78. The number of rotatable bonds is 14. The first-order valence-electron chi connectivity index (χ1n) is 10.1. The highest BCUT2D eigenvalue weighted by Crippen LogP contribution is 2.12. The van der Waals surface area contributed by atoms with E-state index in [4.69, 9.17) is 22.3 Å². The number of hydrogen-bond acceptors (Lipinski definition) is 8. The maximum atomic E-state index is 12.9. The van der Waals surface area contributed by atoms with Gasteiger partial charge in [-0.05, 0) is 24.1 Å². The summed E-state index contributed by atoms with van der Waals surface area (Å²) in [6.45, 7) is -0.704. The number of nitrogens with two attached hydrogens (primary N) is 3. The van der Waals surface area contributed by atoms with E-state index in [1.165, 1.54) is 24.3 Å². The molecule has 34 heavy (non-hydrogen) atoms. The Morgan fingerprint density at radius 1 is 0.853 bits per heavy atom. The molecule has 0 radical (unpaired) electrons. The number of carbonyl (C=O) groups is 6. The van der Waals surface area contributed by atoms with Gasteiger partial charge in [0.25, 0.3) is 0 Å². The van der Waals surface area contributed by atoms with Crippen LogP contribution in [0.2, 0.25) is 0 Å². The average molecular weight is 480 g/mol. The molecule has 0 saturated heterocycles. The molecular formula is C20H28N6O8. The molecule has 186 valence electrons. The number of hydrogen-bond donors (Lipinski definition) is 8. The number of aliphatic carboxylic acids is 1. The van der Waals surface area contributed by atoms with Gasteiger partial charge in [0, 0.05) is 12.8 Å². The lowest BCUT2D eigenvalue weighted by molar-refractivity contribution is -0.138. The van der Waals surface area contributed by atoms with E-state index in [0.29, 0.717) is 5.56 Å². The summed E-state index contributed by atoms with van der Waals surface area (Å²) in [5.41, 5.74) is 16.2. The molecule has 0 fully saturated rings. The molecule has 1 aromatic carbocycles. The van der Waals surface area contributed by atoms with Gasteiger partial charge < -0.3 is 43.4 Å². The standard InChI is InChI=1S/C20H28N6O8/c21-12(8-16(23)29)18(32)25-13(5-6-15(22)28)20(34)26-14(19(33)24-9-17(30)31)7-10-1-3-11(27)4-2-10/h1-4,12-14,27H,5-9,21H2,(H2,22,28)(H2,23,29)(H,24,33)(H,25,32)(H,26,34)(H,30,31). The van der Waals surface area contributed by atoms with Gasteiger partial charge in [-0.2, -0.15) is 0 Å². The smallest absolute Gasteiger partial charge is 0.322 e. The molecule has 0 aliphatic carbocycles. The van der Waals surface area contributed by atoms with Gasteiger partial charge in [-0.1, -0.05) is 12.1 Å². The maximum Gasteiger partial charge on any atom is 0.322 e. The van der Waals surface area contributed by atoms with Crippen LogP contribution in [-0.2, 0) is 35.2 Å². The van der Waals surface area contributed by atoms with Crippen molar-refractivity contribution in [2.45, 2.75) is 43.8 Å². The van der Waals surface area contributed by atoms with Crippen LogP contribution in [0.25, 0.3) is 0 Å². The highest BCUT2D eigenvalue weighted by Gasteiger charge is 2.29. The van der Waals surface area contributed by atoms with Crippen molar-refractivity contribution in [3.05, 3.63) is 29.8 Å². The zero-order valence-corrected chi connectivity index (χ0v) is 18.2. The minimum Gasteiger partial charge on any atom is -0.508 e. The Labute approximate surface area is 194 Å². The summed E-state index contributed by atoms with van der Waals surface area (Å²) in [5.74, 6) is -5.53. The van der Waals surface area contributed by atoms with Crippen LogP contribution in [-0.4, -0.2) is 70.4 Å². The summed E-state index contributed by atoms with van der Waals surface area (Å²) in [4.78, 5) is 70.6. The topological polar surface area (TPSA) is 257 Å². The molecular weight excluding hydrogens is 452 g/mol. The fourth-order valence-corrected chi connectivity index (χ4v) is 2.78. The van der Waals surface area contributed by atoms with Crippen molar-refractivity contribution >= 4 is 35.5 Å². The van der Waals surface area contributed by atoms with Crippen LogP contribution in [0.5, 0.6) is 5.75 Å². The normalized spacial score (nSPS) is 13.1. The zero-order chi connectivity index (χ0) is 25.8. The highest BCUT2D eigenvalue weighted by molar-refractivity contribution is 5.95. The second-order valence-electron chi connectivity index (χ2n) is 7.39. The van der Waals surface area contributed by atoms with Gasteiger partial charge in [-0.15, -0.1) is 0 Å². The second-order valence-corrected chi connectivity index (χ2v) is 7.39. The summed E-state index contributed by atoms with van der Waals surface area (Å²) in [6.07, 6.45) is -1.11. The van der Waals surface area contributed by atoms with Gasteiger partial charge in [0.05, 0.1) is 12.5 Å². The molecule has 0 aromatic heterocycles. The Balaban J connectivity index is 3.05. The number of aromatic hydroxyl groups is 1. The Morgan fingerprint density at radius 2 is 1.44 bits per heavy atom. The summed E-state index contributed by atoms with van der Waals surface area (Å²) >= 11 is 0. The molecule has 0 spiro atoms. The van der Waals surface area contributed by atoms with Crippen molar-refractivity contribution in [1.82, 2.24) is 16.0 Å². The quantitative estimate of drug-likeness (QED) is 0.132. The van der Waals surface area contributed by atoms with Crippen molar-refractivity contribution in [3.8, 4) is 5.75 Å². The van der Waals surface area contributed by atoms with Crippen molar-refractivity contribution in [2.75, 3.05) is 6.54 Å². The number of primary amides is 2. The molecule has 1 aromatic rings. The van der Waals surface area contributed by atoms with Gasteiger partial charge in [-0.3, -0.25) is 28.8 Å². The van der Waals surface area contributed by atoms with Crippen LogP contribution < -0.4 is 33.2 Å². The van der Waals surface area contributed by atoms with E-state index in [2.05, 4.69) is 16.0 Å². The van der Waals surface area contributed by atoms with E-state index in [-0.39, 0.29) is 25.0 Å². The van der Waals surface area contributed by atoms with Crippen LogP contribution in [0.3, 0.4) is 0 Å². The monoisotopic (exact) mass is 480 g/mol. The maximum absolute atomic E-state index is 12.9. The minimum atomic E-state index is -1.35. The molecule has 0 bridgehead atoms. The van der Waals surface area contributed by atoms with Crippen LogP contribution in [0.4, 0.5) is 0 Å². The molecule has 0 aliphatic heterocycles. The number of amides is 5. The van der Waals surface area contributed by atoms with Crippen molar-refractivity contribution < 1.29 is 39.0 Å². The van der Waals surface area contributed by atoms with Crippen molar-refractivity contribution in [1.29, 1.82) is 0 Å². The van der Waals surface area contributed by atoms with E-state index in [9.17, 15) is 33.9 Å². The van der Waals surface area contributed by atoms with Gasteiger partial charge in [0.1, 0.15) is 24.4 Å². The largest absolute Gasteiger partial charge is 0.508 e. The van der Waals surface area contributed by atoms with E-state index < -0.39 is 66.6 Å². The third-order valence-corrected chi connectivity index (χ3v) is 4.49. The lowest BCUT2D eigenvalue weighted by atomic mass is 10.0. The Hall–Kier alpha value is -4.20. The minimum absolute atomic E-state index is 0.0267. The number of phenolic OH excluding ortho intramolecular Hbond substituents is 1. The molecule has 1 rings (SSSR count). The van der Waals surface area contributed by atoms with Gasteiger partial charge >= 0.3 is 5.97 Å². The molecule has 14 nitrogen and oxygen atoms in total. The fraction of sp³-hybridized carbons (Fsp3) is 0.400. The summed E-state index contributed by atoms with van der Waals surface area (Å²) in [5, 5.41) is 25.1. The second kappa shape index (κ2) is 13.4. The first-order valence-corrected chi connectivity index (χ1v) is 10.1. The first-order chi connectivity index (χ1) is 15.9. The molecule has 14 heteroatoms. The van der Waals surface area contributed by atoms with Crippen LogP contribution in [0.1, 0.15) is 24.8 Å². The van der Waals surface area contributed by atoms with E-state index in [1.54, 1.807) is 0 Å². The Bertz CT molecular complexity index is 920. The summed E-state index contributed by atoms with van der Waals surface area (Å²) in [7, 11) is 0. The molecule has 5 amide bonds. The van der Waals surface area contributed by atoms with Gasteiger partial charge in [0.2, 0.25) is 29.5 Å². The average Bonchev–Trinajstić information content (AvgIpc) is 2.74. The summed E-state index contributed by atoms with van der Waals surface area (Å²) in [6, 6.07) is 1.73. The molecule has 0 aliphatic rings. The van der Waals surface area contributed by atoms with Crippen LogP contribution in [0, 0.1) is 0 Å². The van der Waals surface area contributed by atoms with Crippen molar-refractivity contribution in [2.24, 2.45) is 17.2 Å².